The zero-order valence-corrected chi connectivity index (χ0v) is 6.34. The van der Waals surface area contributed by atoms with E-state index in [1.54, 1.807) is 0 Å². The van der Waals surface area contributed by atoms with Crippen LogP contribution in [0.2, 0.25) is 0 Å². The van der Waals surface area contributed by atoms with Crippen molar-refractivity contribution in [2.45, 2.75) is 26.3 Å². The van der Waals surface area contributed by atoms with E-state index < -0.39 is 0 Å². The maximum Gasteiger partial charge on any atom is 0.0844 e. The van der Waals surface area contributed by atoms with Crippen molar-refractivity contribution in [3.8, 4) is 0 Å². The minimum Gasteiger partial charge on any atom is -0.251 e. The van der Waals surface area contributed by atoms with Gasteiger partial charge in [0.1, 0.15) is 0 Å². The monoisotopic (exact) mass is 136 g/mol. The molecule has 0 heterocycles. The Balaban J connectivity index is 3.11. The first-order chi connectivity index (χ1) is 3.56. The Labute approximate surface area is 55.6 Å². The third-order valence-corrected chi connectivity index (χ3v) is 0.664. The van der Waals surface area contributed by atoms with E-state index in [1.807, 2.05) is 0 Å². The van der Waals surface area contributed by atoms with Crippen molar-refractivity contribution < 1.29 is 0 Å². The predicted molar refractivity (Wildman–Crippen MR) is 36.7 cm³/mol. The fourth-order valence-electron chi connectivity index (χ4n) is 0.299. The number of rotatable bonds is 2. The molecule has 0 aromatic rings. The molecular weight excluding hydrogens is 124 g/mol. The van der Waals surface area contributed by atoms with Crippen molar-refractivity contribution in [2.75, 3.05) is 6.00 Å². The fraction of sp³-hybridized carbons (Fsp3) is 1.00. The topological polar surface area (TPSA) is 24.1 Å². The normalized spacial score (nSPS) is 12.0. The number of nitrogens with one attached hydrogen (secondary N) is 2. The number of halogens is 1. The molecule has 8 heavy (non-hydrogen) atoms. The molecule has 2 nitrogen and oxygen atoms in total. The molecule has 0 rings (SSSR count). The van der Waals surface area contributed by atoms with Gasteiger partial charge in [-0.05, 0) is 20.8 Å². The van der Waals surface area contributed by atoms with E-state index in [-0.39, 0.29) is 5.54 Å². The summed E-state index contributed by atoms with van der Waals surface area (Å²) in [5.74, 6) is 0. The molecule has 0 atom stereocenters. The van der Waals surface area contributed by atoms with Crippen LogP contribution in [-0.2, 0) is 0 Å². The third-order valence-electron chi connectivity index (χ3n) is 0.530. The van der Waals surface area contributed by atoms with E-state index in [4.69, 9.17) is 11.6 Å². The van der Waals surface area contributed by atoms with Gasteiger partial charge >= 0.3 is 0 Å². The summed E-state index contributed by atoms with van der Waals surface area (Å²) in [6, 6.07) is 0.442. The smallest absolute Gasteiger partial charge is 0.0844 e. The summed E-state index contributed by atoms with van der Waals surface area (Å²) >= 11 is 5.33. The second kappa shape index (κ2) is 3.28. The molecule has 0 aliphatic rings. The lowest BCUT2D eigenvalue weighted by atomic mass is 10.1. The average Bonchev–Trinajstić information content (AvgIpc) is 1.59. The second-order valence-electron chi connectivity index (χ2n) is 2.69. The van der Waals surface area contributed by atoms with Crippen LogP contribution in [0.15, 0.2) is 0 Å². The van der Waals surface area contributed by atoms with E-state index in [2.05, 4.69) is 31.6 Å². The molecule has 0 saturated heterocycles. The molecule has 2 N–H and O–H groups in total. The summed E-state index contributed by atoms with van der Waals surface area (Å²) in [4.78, 5) is 0. The summed E-state index contributed by atoms with van der Waals surface area (Å²) in [7, 11) is 0. The Bertz CT molecular complexity index is 57.9. The van der Waals surface area contributed by atoms with Crippen molar-refractivity contribution in [3.05, 3.63) is 0 Å². The molecule has 0 aromatic carbocycles. The first-order valence-electron chi connectivity index (χ1n) is 2.62. The first-order valence-corrected chi connectivity index (χ1v) is 3.16. The zero-order chi connectivity index (χ0) is 6.62. The lowest BCUT2D eigenvalue weighted by Crippen LogP contribution is -2.45. The lowest BCUT2D eigenvalue weighted by molar-refractivity contribution is 0.375. The lowest BCUT2D eigenvalue weighted by Gasteiger charge is -2.19. The molecule has 0 unspecified atom stereocenters. The third kappa shape index (κ3) is 6.21. The van der Waals surface area contributed by atoms with Crippen molar-refractivity contribution in [1.82, 2.24) is 10.9 Å². The Kier molecular flexibility index (Phi) is 3.36. The van der Waals surface area contributed by atoms with Gasteiger partial charge in [-0.3, -0.25) is 5.43 Å². The number of hydrogen-bond acceptors (Lipinski definition) is 2. The minimum atomic E-state index is 0.106. The number of hydrogen-bond donors (Lipinski definition) is 2. The van der Waals surface area contributed by atoms with Crippen molar-refractivity contribution in [3.63, 3.8) is 0 Å². The molecule has 0 aliphatic carbocycles. The van der Waals surface area contributed by atoms with Gasteiger partial charge in [-0.2, -0.15) is 0 Å². The SMILES string of the molecule is CC(C)(C)NNCCl. The van der Waals surface area contributed by atoms with Gasteiger partial charge in [0.15, 0.2) is 0 Å². The summed E-state index contributed by atoms with van der Waals surface area (Å²) in [6.45, 7) is 6.19. The summed E-state index contributed by atoms with van der Waals surface area (Å²) < 4.78 is 0. The van der Waals surface area contributed by atoms with E-state index in [9.17, 15) is 0 Å². The number of alkyl halides is 1. The quantitative estimate of drug-likeness (QED) is 0.337. The Morgan fingerprint density at radius 3 is 2.00 bits per heavy atom. The van der Waals surface area contributed by atoms with E-state index in [0.717, 1.165) is 0 Å². The van der Waals surface area contributed by atoms with Gasteiger partial charge in [-0.25, -0.2) is 5.43 Å². The molecule has 50 valence electrons. The largest absolute Gasteiger partial charge is 0.251 e. The highest BCUT2D eigenvalue weighted by Crippen LogP contribution is 1.94. The summed E-state index contributed by atoms with van der Waals surface area (Å²) in [6.07, 6.45) is 0. The van der Waals surface area contributed by atoms with Crippen LogP contribution in [0.4, 0.5) is 0 Å². The van der Waals surface area contributed by atoms with E-state index in [1.165, 1.54) is 0 Å². The van der Waals surface area contributed by atoms with Gasteiger partial charge < -0.3 is 0 Å². The molecule has 0 spiro atoms. The maximum atomic E-state index is 5.33. The van der Waals surface area contributed by atoms with Crippen LogP contribution in [0.5, 0.6) is 0 Å². The van der Waals surface area contributed by atoms with Crippen molar-refractivity contribution in [2.24, 2.45) is 0 Å². The van der Waals surface area contributed by atoms with Gasteiger partial charge in [0.25, 0.3) is 0 Å². The molecule has 0 saturated carbocycles. The second-order valence-corrected chi connectivity index (χ2v) is 2.95. The molecular formula is C5H13ClN2. The van der Waals surface area contributed by atoms with E-state index in [0.29, 0.717) is 6.00 Å². The zero-order valence-electron chi connectivity index (χ0n) is 5.59. The van der Waals surface area contributed by atoms with Crippen LogP contribution in [0, 0.1) is 0 Å². The molecule has 3 heteroatoms. The fourth-order valence-corrected chi connectivity index (χ4v) is 0.365. The van der Waals surface area contributed by atoms with Crippen molar-refractivity contribution in [1.29, 1.82) is 0 Å². The van der Waals surface area contributed by atoms with Crippen LogP contribution in [0.25, 0.3) is 0 Å². The maximum absolute atomic E-state index is 5.33. The van der Waals surface area contributed by atoms with E-state index >= 15 is 0 Å². The Morgan fingerprint density at radius 1 is 1.38 bits per heavy atom. The minimum absolute atomic E-state index is 0.106. The molecule has 0 fully saturated rings. The predicted octanol–water partition coefficient (Wildman–Crippen LogP) is 1.08. The van der Waals surface area contributed by atoms with Gasteiger partial charge in [-0.15, -0.1) is 11.6 Å². The van der Waals surface area contributed by atoms with Crippen LogP contribution >= 0.6 is 11.6 Å². The van der Waals surface area contributed by atoms with Crippen LogP contribution in [0.1, 0.15) is 20.8 Å². The highest BCUT2D eigenvalue weighted by molar-refractivity contribution is 6.17. The summed E-state index contributed by atoms with van der Waals surface area (Å²) in [5.41, 5.74) is 5.90. The Morgan fingerprint density at radius 2 is 1.88 bits per heavy atom. The highest BCUT2D eigenvalue weighted by Gasteiger charge is 2.05. The highest BCUT2D eigenvalue weighted by atomic mass is 35.5. The Hall–Kier alpha value is 0.210. The standard InChI is InChI=1S/C5H13ClN2/c1-5(2,3)8-7-4-6/h7-8H,4H2,1-3H3. The van der Waals surface area contributed by atoms with Gasteiger partial charge in [0.05, 0.1) is 6.00 Å². The summed E-state index contributed by atoms with van der Waals surface area (Å²) in [5, 5.41) is 0. The van der Waals surface area contributed by atoms with Crippen LogP contribution in [-0.4, -0.2) is 11.5 Å². The molecule has 0 aliphatic heterocycles. The van der Waals surface area contributed by atoms with Gasteiger partial charge in [-0.1, -0.05) is 0 Å². The van der Waals surface area contributed by atoms with Gasteiger partial charge in [0.2, 0.25) is 0 Å². The first kappa shape index (κ1) is 8.21. The molecule has 0 amide bonds. The van der Waals surface area contributed by atoms with Crippen molar-refractivity contribution >= 4 is 11.6 Å². The van der Waals surface area contributed by atoms with Gasteiger partial charge in [0, 0.05) is 5.54 Å². The molecule has 0 aromatic heterocycles. The van der Waals surface area contributed by atoms with Crippen LogP contribution < -0.4 is 10.9 Å². The average molecular weight is 137 g/mol. The molecule has 0 radical (unpaired) electrons. The number of hydrazine groups is 1. The van der Waals surface area contributed by atoms with Crippen LogP contribution in [0.3, 0.4) is 0 Å². The molecule has 0 bridgehead atoms.